The van der Waals surface area contributed by atoms with Crippen LogP contribution in [-0.2, 0) is 22.6 Å². The lowest BCUT2D eigenvalue weighted by Crippen LogP contribution is -2.42. The number of benzene rings is 1. The van der Waals surface area contributed by atoms with Gasteiger partial charge in [-0.2, -0.15) is 0 Å². The van der Waals surface area contributed by atoms with Crippen molar-refractivity contribution in [3.05, 3.63) is 53.9 Å². The number of amides is 1. The smallest absolute Gasteiger partial charge is 0.231 e. The standard InChI is InChI=1S/C20H23N3O4.2ClH/c24-20(10-17-11-22-7-8-25-17)23(12-15-3-5-21-6-4-15)13-16-1-2-18-19(9-16)27-14-26-18;;/h1-6,9,17,22H,7-8,10-14H2;2*1H. The van der Waals surface area contributed by atoms with Crippen molar-refractivity contribution in [2.45, 2.75) is 25.6 Å². The molecule has 4 rings (SSSR count). The van der Waals surface area contributed by atoms with Gasteiger partial charge < -0.3 is 24.4 Å². The van der Waals surface area contributed by atoms with Crippen molar-refractivity contribution < 1.29 is 19.0 Å². The minimum absolute atomic E-state index is 0. The fourth-order valence-corrected chi connectivity index (χ4v) is 3.28. The van der Waals surface area contributed by atoms with Crippen LogP contribution in [-0.4, -0.2) is 48.4 Å². The van der Waals surface area contributed by atoms with Crippen LogP contribution in [0.25, 0.3) is 0 Å². The van der Waals surface area contributed by atoms with Crippen LogP contribution in [0.15, 0.2) is 42.7 Å². The molecule has 2 aliphatic rings. The Kier molecular flexibility index (Phi) is 8.98. The van der Waals surface area contributed by atoms with E-state index in [0.29, 0.717) is 32.7 Å². The Bertz CT molecular complexity index is 789. The van der Waals surface area contributed by atoms with Gasteiger partial charge in [-0.1, -0.05) is 6.07 Å². The zero-order valence-electron chi connectivity index (χ0n) is 15.9. The second kappa shape index (κ2) is 11.2. The van der Waals surface area contributed by atoms with Gasteiger partial charge in [-0.3, -0.25) is 9.78 Å². The molecule has 1 atom stereocenters. The number of hydrogen-bond acceptors (Lipinski definition) is 6. The Hall–Kier alpha value is -2.06. The molecule has 158 valence electrons. The maximum absolute atomic E-state index is 13.0. The normalized spacial score (nSPS) is 17.0. The first-order valence-electron chi connectivity index (χ1n) is 9.15. The summed E-state index contributed by atoms with van der Waals surface area (Å²) in [5.74, 6) is 1.54. The molecule has 7 nitrogen and oxygen atoms in total. The molecule has 1 saturated heterocycles. The number of aromatic nitrogens is 1. The number of fused-ring (bicyclic) bond motifs is 1. The molecule has 1 aromatic carbocycles. The minimum atomic E-state index is -0.0806. The maximum Gasteiger partial charge on any atom is 0.231 e. The topological polar surface area (TPSA) is 72.9 Å². The first-order chi connectivity index (χ1) is 13.3. The van der Waals surface area contributed by atoms with Crippen molar-refractivity contribution in [1.29, 1.82) is 0 Å². The largest absolute Gasteiger partial charge is 0.454 e. The van der Waals surface area contributed by atoms with E-state index in [4.69, 9.17) is 14.2 Å². The van der Waals surface area contributed by atoms with Gasteiger partial charge in [0.15, 0.2) is 11.5 Å². The van der Waals surface area contributed by atoms with E-state index < -0.39 is 0 Å². The third-order valence-electron chi connectivity index (χ3n) is 4.69. The average Bonchev–Trinajstić information content (AvgIpc) is 3.17. The quantitative estimate of drug-likeness (QED) is 0.742. The molecule has 2 aliphatic heterocycles. The third-order valence-corrected chi connectivity index (χ3v) is 4.69. The third kappa shape index (κ3) is 6.21. The monoisotopic (exact) mass is 441 g/mol. The number of carbonyl (C=O) groups is 1. The van der Waals surface area contributed by atoms with Crippen LogP contribution in [0.3, 0.4) is 0 Å². The Balaban J connectivity index is 0.00000150. The van der Waals surface area contributed by atoms with Crippen LogP contribution in [0, 0.1) is 0 Å². The Morgan fingerprint density at radius 2 is 1.83 bits per heavy atom. The molecule has 3 heterocycles. The van der Waals surface area contributed by atoms with Crippen LogP contribution in [0.4, 0.5) is 0 Å². The summed E-state index contributed by atoms with van der Waals surface area (Å²) in [6.07, 6.45) is 3.77. The SMILES string of the molecule is Cl.Cl.O=C(CC1CNCCO1)N(Cc1ccncc1)Cc1ccc2c(c1)OCO2. The van der Waals surface area contributed by atoms with Gasteiger partial charge in [-0.15, -0.1) is 24.8 Å². The number of ether oxygens (including phenoxy) is 3. The van der Waals surface area contributed by atoms with Crippen molar-refractivity contribution in [2.24, 2.45) is 0 Å². The summed E-state index contributed by atoms with van der Waals surface area (Å²) in [6.45, 7) is 3.45. The molecule has 29 heavy (non-hydrogen) atoms. The molecule has 0 aliphatic carbocycles. The van der Waals surface area contributed by atoms with Crippen LogP contribution >= 0.6 is 24.8 Å². The van der Waals surface area contributed by atoms with E-state index in [1.54, 1.807) is 12.4 Å². The summed E-state index contributed by atoms with van der Waals surface area (Å²) in [7, 11) is 0. The van der Waals surface area contributed by atoms with E-state index in [9.17, 15) is 4.79 Å². The van der Waals surface area contributed by atoms with Crippen molar-refractivity contribution in [1.82, 2.24) is 15.2 Å². The lowest BCUT2D eigenvalue weighted by atomic mass is 10.1. The van der Waals surface area contributed by atoms with Gasteiger partial charge in [-0.05, 0) is 35.4 Å². The van der Waals surface area contributed by atoms with Crippen LogP contribution < -0.4 is 14.8 Å². The number of pyridine rings is 1. The molecule has 1 fully saturated rings. The molecule has 2 aromatic rings. The summed E-state index contributed by atoms with van der Waals surface area (Å²) in [6, 6.07) is 9.66. The van der Waals surface area contributed by atoms with Crippen LogP contribution in [0.5, 0.6) is 11.5 Å². The van der Waals surface area contributed by atoms with Crippen LogP contribution in [0.1, 0.15) is 17.5 Å². The molecule has 1 N–H and O–H groups in total. The Morgan fingerprint density at radius 1 is 1.07 bits per heavy atom. The number of rotatable bonds is 6. The highest BCUT2D eigenvalue weighted by Gasteiger charge is 2.23. The second-order valence-corrected chi connectivity index (χ2v) is 6.69. The summed E-state index contributed by atoms with van der Waals surface area (Å²) >= 11 is 0. The molecule has 0 bridgehead atoms. The van der Waals surface area contributed by atoms with Crippen molar-refractivity contribution >= 4 is 30.7 Å². The number of morpholine rings is 1. The molecule has 0 spiro atoms. The van der Waals surface area contributed by atoms with Crippen molar-refractivity contribution in [3.8, 4) is 11.5 Å². The van der Waals surface area contributed by atoms with E-state index in [2.05, 4.69) is 10.3 Å². The van der Waals surface area contributed by atoms with Gasteiger partial charge in [0, 0.05) is 38.6 Å². The summed E-state index contributed by atoms with van der Waals surface area (Å²) < 4.78 is 16.5. The molecule has 1 unspecified atom stereocenters. The second-order valence-electron chi connectivity index (χ2n) is 6.69. The van der Waals surface area contributed by atoms with E-state index >= 15 is 0 Å². The predicted octanol–water partition coefficient (Wildman–Crippen LogP) is 2.56. The highest BCUT2D eigenvalue weighted by atomic mass is 35.5. The van der Waals surface area contributed by atoms with E-state index in [1.807, 2.05) is 35.2 Å². The highest BCUT2D eigenvalue weighted by Crippen LogP contribution is 2.33. The Labute approximate surface area is 182 Å². The minimum Gasteiger partial charge on any atom is -0.454 e. The molecule has 1 aromatic heterocycles. The van der Waals surface area contributed by atoms with Gasteiger partial charge in [0.2, 0.25) is 12.7 Å². The predicted molar refractivity (Wildman–Crippen MR) is 113 cm³/mol. The lowest BCUT2D eigenvalue weighted by Gasteiger charge is -2.28. The van der Waals surface area contributed by atoms with E-state index in [0.717, 1.165) is 29.2 Å². The molecular weight excluding hydrogens is 417 g/mol. The number of carbonyl (C=O) groups excluding carboxylic acids is 1. The zero-order chi connectivity index (χ0) is 18.5. The molecule has 0 saturated carbocycles. The number of halogens is 2. The first-order valence-corrected chi connectivity index (χ1v) is 9.15. The highest BCUT2D eigenvalue weighted by molar-refractivity contribution is 5.85. The first kappa shape index (κ1) is 23.2. The average molecular weight is 442 g/mol. The van der Waals surface area contributed by atoms with Crippen molar-refractivity contribution in [2.75, 3.05) is 26.5 Å². The van der Waals surface area contributed by atoms with Gasteiger partial charge in [0.05, 0.1) is 19.1 Å². The molecule has 1 amide bonds. The van der Waals surface area contributed by atoms with Gasteiger partial charge in [0.25, 0.3) is 0 Å². The van der Waals surface area contributed by atoms with Crippen LogP contribution in [0.2, 0.25) is 0 Å². The fourth-order valence-electron chi connectivity index (χ4n) is 3.28. The summed E-state index contributed by atoms with van der Waals surface area (Å²) in [5.41, 5.74) is 2.05. The fraction of sp³-hybridized carbons (Fsp3) is 0.400. The maximum atomic E-state index is 13.0. The molecule has 0 radical (unpaired) electrons. The van der Waals surface area contributed by atoms with Gasteiger partial charge in [0.1, 0.15) is 0 Å². The number of hydrogen-bond donors (Lipinski definition) is 1. The van der Waals surface area contributed by atoms with Gasteiger partial charge >= 0.3 is 0 Å². The number of nitrogens with one attached hydrogen (secondary N) is 1. The number of nitrogens with zero attached hydrogens (tertiary/aromatic N) is 2. The van der Waals surface area contributed by atoms with E-state index in [1.165, 1.54) is 0 Å². The van der Waals surface area contributed by atoms with Crippen molar-refractivity contribution in [3.63, 3.8) is 0 Å². The summed E-state index contributed by atoms with van der Waals surface area (Å²) in [4.78, 5) is 18.9. The van der Waals surface area contributed by atoms with Gasteiger partial charge in [-0.25, -0.2) is 0 Å². The molecular formula is C20H25Cl2N3O4. The van der Waals surface area contributed by atoms with E-state index in [-0.39, 0.29) is 43.6 Å². The molecule has 9 heteroatoms. The Morgan fingerprint density at radius 3 is 2.59 bits per heavy atom. The zero-order valence-corrected chi connectivity index (χ0v) is 17.5. The lowest BCUT2D eigenvalue weighted by molar-refractivity contribution is -0.136. The summed E-state index contributed by atoms with van der Waals surface area (Å²) in [5, 5.41) is 3.27.